The molecule has 0 bridgehead atoms. The van der Waals surface area contributed by atoms with Crippen LogP contribution < -0.4 is 14.4 Å². The van der Waals surface area contributed by atoms with Crippen LogP contribution in [0, 0.1) is 13.8 Å². The molecule has 2 aromatic carbocycles. The summed E-state index contributed by atoms with van der Waals surface area (Å²) in [5.74, 6) is 0.987. The number of rotatable bonds is 4. The Kier molecular flexibility index (Phi) is 5.37. The molecule has 0 saturated heterocycles. The third kappa shape index (κ3) is 3.28. The van der Waals surface area contributed by atoms with Crippen LogP contribution >= 0.6 is 0 Å². The van der Waals surface area contributed by atoms with Gasteiger partial charge < -0.3 is 9.47 Å². The number of hydrogen-bond donors (Lipinski definition) is 0. The monoisotopic (exact) mass is 405 g/mol. The van der Waals surface area contributed by atoms with E-state index in [1.807, 2.05) is 50.2 Å². The van der Waals surface area contributed by atoms with E-state index in [4.69, 9.17) is 9.47 Å². The average molecular weight is 405 g/mol. The number of para-hydroxylation sites is 1. The van der Waals surface area contributed by atoms with E-state index in [1.165, 1.54) is 0 Å². The molecule has 5 nitrogen and oxygen atoms in total. The molecule has 0 spiro atoms. The van der Waals surface area contributed by atoms with Crippen molar-refractivity contribution in [1.82, 2.24) is 0 Å². The summed E-state index contributed by atoms with van der Waals surface area (Å²) in [5, 5.41) is 0. The summed E-state index contributed by atoms with van der Waals surface area (Å²) in [6, 6.07) is 11.7. The maximum Gasteiger partial charge on any atom is 0.232 e. The molecule has 4 rings (SSSR count). The van der Waals surface area contributed by atoms with Gasteiger partial charge in [0.25, 0.3) is 0 Å². The molecule has 30 heavy (non-hydrogen) atoms. The molecule has 1 atom stereocenters. The SMILES string of the molecule is COc1cccc(C2CC(=O)N(c3cc(C)ccc3C)C3=C2C(=O)CCC3)c1OC. The number of carbonyl (C=O) groups is 2. The Morgan fingerprint density at radius 2 is 1.80 bits per heavy atom. The summed E-state index contributed by atoms with van der Waals surface area (Å²) in [5.41, 5.74) is 5.40. The lowest BCUT2D eigenvalue weighted by Crippen LogP contribution is -2.41. The number of hydrogen-bond acceptors (Lipinski definition) is 4. The highest BCUT2D eigenvalue weighted by atomic mass is 16.5. The van der Waals surface area contributed by atoms with Crippen LogP contribution in [0.1, 0.15) is 48.3 Å². The van der Waals surface area contributed by atoms with E-state index in [-0.39, 0.29) is 24.0 Å². The van der Waals surface area contributed by atoms with Gasteiger partial charge in [0.1, 0.15) is 0 Å². The molecule has 1 unspecified atom stereocenters. The minimum Gasteiger partial charge on any atom is -0.493 e. The first kappa shape index (κ1) is 20.2. The van der Waals surface area contributed by atoms with Crippen molar-refractivity contribution in [3.63, 3.8) is 0 Å². The second-order valence-electron chi connectivity index (χ2n) is 8.00. The summed E-state index contributed by atoms with van der Waals surface area (Å²) < 4.78 is 11.1. The molecule has 2 aliphatic rings. The number of anilines is 1. The fourth-order valence-electron chi connectivity index (χ4n) is 4.68. The van der Waals surface area contributed by atoms with Crippen molar-refractivity contribution in [2.75, 3.05) is 19.1 Å². The van der Waals surface area contributed by atoms with Crippen LogP contribution in [0.5, 0.6) is 11.5 Å². The molecule has 0 aromatic heterocycles. The number of ether oxygens (including phenoxy) is 2. The zero-order valence-corrected chi connectivity index (χ0v) is 18.0. The van der Waals surface area contributed by atoms with Crippen LogP contribution in [0.15, 0.2) is 47.7 Å². The topological polar surface area (TPSA) is 55.8 Å². The molecule has 0 fully saturated rings. The van der Waals surface area contributed by atoms with Gasteiger partial charge in [-0.15, -0.1) is 0 Å². The maximum absolute atomic E-state index is 13.5. The lowest BCUT2D eigenvalue weighted by molar-refractivity contribution is -0.119. The first-order valence-electron chi connectivity index (χ1n) is 10.3. The van der Waals surface area contributed by atoms with E-state index in [0.29, 0.717) is 24.3 Å². The van der Waals surface area contributed by atoms with Gasteiger partial charge in [0, 0.05) is 35.6 Å². The molecule has 0 saturated carbocycles. The van der Waals surface area contributed by atoms with Crippen LogP contribution in [0.4, 0.5) is 5.69 Å². The van der Waals surface area contributed by atoms with E-state index < -0.39 is 0 Å². The van der Waals surface area contributed by atoms with Crippen LogP contribution in [0.3, 0.4) is 0 Å². The van der Waals surface area contributed by atoms with Crippen molar-refractivity contribution in [2.45, 2.75) is 45.4 Å². The molecular formula is C25H27NO4. The van der Waals surface area contributed by atoms with E-state index in [2.05, 4.69) is 0 Å². The predicted molar refractivity (Wildman–Crippen MR) is 116 cm³/mol. The first-order chi connectivity index (χ1) is 14.5. The fourth-order valence-corrected chi connectivity index (χ4v) is 4.68. The van der Waals surface area contributed by atoms with E-state index >= 15 is 0 Å². The minimum atomic E-state index is -0.327. The van der Waals surface area contributed by atoms with Crippen molar-refractivity contribution >= 4 is 17.4 Å². The number of aryl methyl sites for hydroxylation is 2. The Bertz CT molecular complexity index is 1050. The Balaban J connectivity index is 1.92. The smallest absolute Gasteiger partial charge is 0.232 e. The van der Waals surface area contributed by atoms with Gasteiger partial charge in [-0.1, -0.05) is 24.3 Å². The van der Waals surface area contributed by atoms with Crippen LogP contribution in [0.2, 0.25) is 0 Å². The number of methoxy groups -OCH3 is 2. The minimum absolute atomic E-state index is 0.00650. The summed E-state index contributed by atoms with van der Waals surface area (Å²) in [6.07, 6.45) is 2.20. The zero-order valence-electron chi connectivity index (χ0n) is 18.0. The number of allylic oxidation sites excluding steroid dienone is 2. The molecule has 1 aliphatic heterocycles. The second kappa shape index (κ2) is 7.98. The number of Topliss-reactive ketones (excluding diaryl/α,β-unsaturated/α-hetero) is 1. The quantitative estimate of drug-likeness (QED) is 0.730. The molecule has 0 N–H and O–H groups in total. The zero-order chi connectivity index (χ0) is 21.4. The molecule has 1 aliphatic carbocycles. The van der Waals surface area contributed by atoms with Gasteiger partial charge in [0.2, 0.25) is 5.91 Å². The molecule has 1 heterocycles. The van der Waals surface area contributed by atoms with Gasteiger partial charge in [-0.3, -0.25) is 14.5 Å². The maximum atomic E-state index is 13.5. The van der Waals surface area contributed by atoms with Crippen LogP contribution in [-0.4, -0.2) is 25.9 Å². The Morgan fingerprint density at radius 1 is 1.00 bits per heavy atom. The standard InChI is InChI=1S/C25H27NO4/c1-15-11-12-16(2)20(13-15)26-19-8-6-9-21(27)24(19)18(14-23(26)28)17-7-5-10-22(29-3)25(17)30-4/h5,7,10-13,18H,6,8-9,14H2,1-4H3. The van der Waals surface area contributed by atoms with Gasteiger partial charge in [-0.25, -0.2) is 0 Å². The summed E-state index contributed by atoms with van der Waals surface area (Å²) in [4.78, 5) is 28.4. The third-order valence-corrected chi connectivity index (χ3v) is 6.09. The lowest BCUT2D eigenvalue weighted by Gasteiger charge is -2.39. The predicted octanol–water partition coefficient (Wildman–Crippen LogP) is 4.85. The van der Waals surface area contributed by atoms with Gasteiger partial charge in [-0.05, 0) is 49.9 Å². The van der Waals surface area contributed by atoms with E-state index in [0.717, 1.165) is 40.1 Å². The highest BCUT2D eigenvalue weighted by Crippen LogP contribution is 2.47. The molecule has 2 aromatic rings. The van der Waals surface area contributed by atoms with Gasteiger partial charge in [0.05, 0.1) is 19.9 Å². The second-order valence-corrected chi connectivity index (χ2v) is 8.00. The molecule has 5 heteroatoms. The molecule has 0 radical (unpaired) electrons. The summed E-state index contributed by atoms with van der Waals surface area (Å²) in [6.45, 7) is 4.02. The summed E-state index contributed by atoms with van der Waals surface area (Å²) in [7, 11) is 3.18. The fraction of sp³-hybridized carbons (Fsp3) is 0.360. The molecular weight excluding hydrogens is 378 g/mol. The van der Waals surface area contributed by atoms with Crippen molar-refractivity contribution < 1.29 is 19.1 Å². The van der Waals surface area contributed by atoms with E-state index in [9.17, 15) is 9.59 Å². The normalized spacial score (nSPS) is 19.1. The van der Waals surface area contributed by atoms with E-state index in [1.54, 1.807) is 19.1 Å². The highest BCUT2D eigenvalue weighted by molar-refractivity contribution is 6.08. The number of nitrogens with zero attached hydrogens (tertiary/aromatic N) is 1. The molecule has 1 amide bonds. The Labute approximate surface area is 177 Å². The number of amides is 1. The van der Waals surface area contributed by atoms with Gasteiger partial charge >= 0.3 is 0 Å². The Hall–Kier alpha value is -3.08. The van der Waals surface area contributed by atoms with Gasteiger partial charge in [-0.2, -0.15) is 0 Å². The molecule has 156 valence electrons. The lowest BCUT2D eigenvalue weighted by atomic mass is 9.76. The highest BCUT2D eigenvalue weighted by Gasteiger charge is 2.41. The first-order valence-corrected chi connectivity index (χ1v) is 10.3. The van der Waals surface area contributed by atoms with Crippen molar-refractivity contribution in [3.8, 4) is 11.5 Å². The van der Waals surface area contributed by atoms with Crippen molar-refractivity contribution in [1.29, 1.82) is 0 Å². The number of carbonyl (C=O) groups excluding carboxylic acids is 2. The van der Waals surface area contributed by atoms with Crippen molar-refractivity contribution in [2.24, 2.45) is 0 Å². The summed E-state index contributed by atoms with van der Waals surface area (Å²) >= 11 is 0. The van der Waals surface area contributed by atoms with Crippen molar-refractivity contribution in [3.05, 3.63) is 64.4 Å². The number of benzene rings is 2. The van der Waals surface area contributed by atoms with Crippen LogP contribution in [-0.2, 0) is 9.59 Å². The van der Waals surface area contributed by atoms with Gasteiger partial charge in [0.15, 0.2) is 17.3 Å². The Morgan fingerprint density at radius 3 is 2.53 bits per heavy atom. The van der Waals surface area contributed by atoms with Crippen LogP contribution in [0.25, 0.3) is 0 Å². The largest absolute Gasteiger partial charge is 0.493 e. The number of ketones is 1. The third-order valence-electron chi connectivity index (χ3n) is 6.09. The average Bonchev–Trinajstić information content (AvgIpc) is 2.74.